The fourth-order valence-electron chi connectivity index (χ4n) is 4.97. The van der Waals surface area contributed by atoms with Crippen molar-refractivity contribution in [3.05, 3.63) is 24.3 Å². The van der Waals surface area contributed by atoms with Crippen LogP contribution in [-0.4, -0.2) is 62.1 Å². The first-order valence-corrected chi connectivity index (χ1v) is 10.5. The third kappa shape index (κ3) is 4.23. The van der Waals surface area contributed by atoms with Crippen molar-refractivity contribution in [2.75, 3.05) is 46.4 Å². The quantitative estimate of drug-likeness (QED) is 0.690. The van der Waals surface area contributed by atoms with Crippen LogP contribution < -0.4 is 9.47 Å². The number of hydrogen-bond acceptors (Lipinski definition) is 4. The molecule has 0 aromatic heterocycles. The maximum atomic E-state index is 12.8. The summed E-state index contributed by atoms with van der Waals surface area (Å²) in [6.45, 7) is 5.46. The van der Waals surface area contributed by atoms with E-state index in [4.69, 9.17) is 9.47 Å². The van der Waals surface area contributed by atoms with Crippen LogP contribution in [0.5, 0.6) is 11.5 Å². The van der Waals surface area contributed by atoms with Gasteiger partial charge in [0.1, 0.15) is 0 Å². The van der Waals surface area contributed by atoms with Gasteiger partial charge in [0.15, 0.2) is 11.5 Å². The molecule has 2 atom stereocenters. The lowest BCUT2D eigenvalue weighted by molar-refractivity contribution is -0.135. The van der Waals surface area contributed by atoms with Gasteiger partial charge in [-0.15, -0.1) is 0 Å². The molecule has 3 aliphatic rings. The van der Waals surface area contributed by atoms with Gasteiger partial charge in [-0.05, 0) is 43.2 Å². The van der Waals surface area contributed by atoms with E-state index in [1.54, 1.807) is 7.11 Å². The number of carbonyl (C=O) groups excluding carboxylic acids is 1. The molecule has 1 amide bonds. The number of methoxy groups -OCH3 is 1. The van der Waals surface area contributed by atoms with Crippen molar-refractivity contribution in [1.82, 2.24) is 9.80 Å². The molecule has 5 heteroatoms. The zero-order chi connectivity index (χ0) is 18.6. The van der Waals surface area contributed by atoms with E-state index < -0.39 is 0 Å². The van der Waals surface area contributed by atoms with Crippen LogP contribution in [0.3, 0.4) is 0 Å². The lowest BCUT2D eigenvalue weighted by atomic mass is 10.0. The Morgan fingerprint density at radius 3 is 2.37 bits per heavy atom. The van der Waals surface area contributed by atoms with Gasteiger partial charge in [0.25, 0.3) is 0 Å². The molecule has 2 saturated carbocycles. The van der Waals surface area contributed by atoms with E-state index in [0.717, 1.165) is 62.5 Å². The normalized spacial score (nSPS) is 27.7. The summed E-state index contributed by atoms with van der Waals surface area (Å²) in [6, 6.07) is 7.77. The Hall–Kier alpha value is -1.75. The van der Waals surface area contributed by atoms with Gasteiger partial charge in [-0.2, -0.15) is 0 Å². The van der Waals surface area contributed by atoms with E-state index >= 15 is 0 Å². The van der Waals surface area contributed by atoms with Gasteiger partial charge in [-0.25, -0.2) is 0 Å². The molecule has 5 nitrogen and oxygen atoms in total. The zero-order valence-electron chi connectivity index (χ0n) is 16.4. The summed E-state index contributed by atoms with van der Waals surface area (Å²) in [7, 11) is 1.67. The van der Waals surface area contributed by atoms with E-state index in [1.165, 1.54) is 25.7 Å². The number of ether oxygens (including phenoxy) is 2. The number of benzene rings is 1. The highest BCUT2D eigenvalue weighted by Gasteiger charge is 2.55. The second-order valence-electron chi connectivity index (χ2n) is 8.16. The minimum absolute atomic E-state index is 0.369. The van der Waals surface area contributed by atoms with Crippen LogP contribution in [0.4, 0.5) is 0 Å². The highest BCUT2D eigenvalue weighted by atomic mass is 16.5. The van der Waals surface area contributed by atoms with Crippen LogP contribution in [0.25, 0.3) is 0 Å². The molecule has 0 radical (unpaired) electrons. The third-order valence-corrected chi connectivity index (χ3v) is 6.57. The first kappa shape index (κ1) is 18.6. The monoisotopic (exact) mass is 372 g/mol. The summed E-state index contributed by atoms with van der Waals surface area (Å²) < 4.78 is 11.2. The molecule has 1 aromatic carbocycles. The van der Waals surface area contributed by atoms with Crippen molar-refractivity contribution in [2.24, 2.45) is 17.8 Å². The standard InChI is InChI=1S/C22H32N2O3/c1-26-19-9-4-5-10-20(19)27-16-6-11-23-12-14-24(15-13-23)22(25)21-17-7-2-3-8-18(17)21/h4-5,9-10,17-18,21H,2-3,6-8,11-16H2,1H3. The van der Waals surface area contributed by atoms with Crippen molar-refractivity contribution in [2.45, 2.75) is 32.1 Å². The molecule has 1 saturated heterocycles. The van der Waals surface area contributed by atoms with E-state index in [-0.39, 0.29) is 0 Å². The predicted molar refractivity (Wildman–Crippen MR) is 105 cm³/mol. The van der Waals surface area contributed by atoms with Crippen molar-refractivity contribution in [3.63, 3.8) is 0 Å². The van der Waals surface area contributed by atoms with Gasteiger partial charge in [-0.1, -0.05) is 25.0 Å². The Morgan fingerprint density at radius 1 is 1.04 bits per heavy atom. The first-order chi connectivity index (χ1) is 13.3. The van der Waals surface area contributed by atoms with Gasteiger partial charge in [0, 0.05) is 38.6 Å². The highest BCUT2D eigenvalue weighted by molar-refractivity contribution is 5.82. The number of fused-ring (bicyclic) bond motifs is 1. The third-order valence-electron chi connectivity index (χ3n) is 6.57. The number of rotatable bonds is 7. The molecule has 27 heavy (non-hydrogen) atoms. The summed E-state index contributed by atoms with van der Waals surface area (Å²) >= 11 is 0. The molecule has 4 rings (SSSR count). The van der Waals surface area contributed by atoms with Crippen LogP contribution in [0.1, 0.15) is 32.1 Å². The Labute approximate surface area is 162 Å². The predicted octanol–water partition coefficient (Wildman–Crippen LogP) is 3.04. The summed E-state index contributed by atoms with van der Waals surface area (Å²) in [5.74, 6) is 3.85. The van der Waals surface area contributed by atoms with E-state index in [1.807, 2.05) is 24.3 Å². The van der Waals surface area contributed by atoms with Crippen molar-refractivity contribution < 1.29 is 14.3 Å². The molecule has 2 unspecified atom stereocenters. The van der Waals surface area contributed by atoms with Gasteiger partial charge in [-0.3, -0.25) is 9.69 Å². The molecule has 0 N–H and O–H groups in total. The second kappa shape index (κ2) is 8.51. The molecule has 1 heterocycles. The number of amides is 1. The summed E-state index contributed by atoms with van der Waals surface area (Å²) in [5, 5.41) is 0. The fraction of sp³-hybridized carbons (Fsp3) is 0.682. The molecule has 2 aliphatic carbocycles. The number of piperazine rings is 1. The van der Waals surface area contributed by atoms with Crippen LogP contribution in [0, 0.1) is 17.8 Å². The number of para-hydroxylation sites is 2. The highest BCUT2D eigenvalue weighted by Crippen LogP contribution is 2.56. The molecule has 148 valence electrons. The topological polar surface area (TPSA) is 42.0 Å². The maximum absolute atomic E-state index is 12.8. The van der Waals surface area contributed by atoms with Crippen molar-refractivity contribution >= 4 is 5.91 Å². The maximum Gasteiger partial charge on any atom is 0.226 e. The summed E-state index contributed by atoms with van der Waals surface area (Å²) in [4.78, 5) is 17.4. The molecule has 0 spiro atoms. The average Bonchev–Trinajstić information content (AvgIpc) is 3.46. The number of carbonyl (C=O) groups is 1. The molecular formula is C22H32N2O3. The molecule has 1 aromatic rings. The van der Waals surface area contributed by atoms with Gasteiger partial charge in [0.05, 0.1) is 13.7 Å². The molecule has 0 bridgehead atoms. The fourth-order valence-corrected chi connectivity index (χ4v) is 4.97. The number of nitrogens with zero attached hydrogens (tertiary/aromatic N) is 2. The summed E-state index contributed by atoms with van der Waals surface area (Å²) in [5.41, 5.74) is 0. The summed E-state index contributed by atoms with van der Waals surface area (Å²) in [6.07, 6.45) is 6.21. The van der Waals surface area contributed by atoms with Gasteiger partial charge >= 0.3 is 0 Å². The Morgan fingerprint density at radius 2 is 1.70 bits per heavy atom. The van der Waals surface area contributed by atoms with Crippen molar-refractivity contribution in [3.8, 4) is 11.5 Å². The minimum atomic E-state index is 0.369. The molecular weight excluding hydrogens is 340 g/mol. The number of hydrogen-bond donors (Lipinski definition) is 0. The smallest absolute Gasteiger partial charge is 0.226 e. The molecule has 3 fully saturated rings. The van der Waals surface area contributed by atoms with E-state index in [2.05, 4.69) is 9.80 Å². The second-order valence-corrected chi connectivity index (χ2v) is 8.16. The molecule has 1 aliphatic heterocycles. The largest absolute Gasteiger partial charge is 0.493 e. The van der Waals surface area contributed by atoms with Crippen LogP contribution >= 0.6 is 0 Å². The lowest BCUT2D eigenvalue weighted by Gasteiger charge is -2.35. The van der Waals surface area contributed by atoms with Gasteiger partial charge < -0.3 is 14.4 Å². The van der Waals surface area contributed by atoms with Crippen LogP contribution in [0.2, 0.25) is 0 Å². The van der Waals surface area contributed by atoms with Crippen LogP contribution in [0.15, 0.2) is 24.3 Å². The van der Waals surface area contributed by atoms with Crippen LogP contribution in [-0.2, 0) is 4.79 Å². The van der Waals surface area contributed by atoms with E-state index in [9.17, 15) is 4.79 Å². The minimum Gasteiger partial charge on any atom is -0.493 e. The SMILES string of the molecule is COc1ccccc1OCCCN1CCN(C(=O)C2C3CCCCC32)CC1. The zero-order valence-corrected chi connectivity index (χ0v) is 16.4. The Bertz CT molecular complexity index is 630. The van der Waals surface area contributed by atoms with Gasteiger partial charge in [0.2, 0.25) is 5.91 Å². The Balaban J connectivity index is 1.14. The lowest BCUT2D eigenvalue weighted by Crippen LogP contribution is -2.49. The first-order valence-electron chi connectivity index (χ1n) is 10.5. The van der Waals surface area contributed by atoms with Crippen molar-refractivity contribution in [1.29, 1.82) is 0 Å². The van der Waals surface area contributed by atoms with E-state index in [0.29, 0.717) is 18.4 Å². The Kier molecular flexibility index (Phi) is 5.86. The average molecular weight is 373 g/mol.